The number of nitrogens with one attached hydrogen (secondary N) is 1. The van der Waals surface area contributed by atoms with Crippen LogP contribution < -0.4 is 14.2 Å². The number of carbonyl (C=O) groups is 1. The van der Waals surface area contributed by atoms with Gasteiger partial charge in [-0.2, -0.15) is 4.99 Å². The molecule has 0 unspecified atom stereocenters. The Morgan fingerprint density at radius 3 is 2.56 bits per heavy atom. The van der Waals surface area contributed by atoms with Crippen LogP contribution in [0.15, 0.2) is 82.7 Å². The number of carbonyl (C=O) groups excluding carboxylic acids is 1. The van der Waals surface area contributed by atoms with Crippen molar-refractivity contribution in [1.82, 2.24) is 4.90 Å². The number of amidine groups is 2. The summed E-state index contributed by atoms with van der Waals surface area (Å²) in [6, 6.07) is 21.4. The zero-order valence-corrected chi connectivity index (χ0v) is 22.9. The first-order chi connectivity index (χ1) is 19.0. The van der Waals surface area contributed by atoms with Crippen molar-refractivity contribution in [3.8, 4) is 17.2 Å². The van der Waals surface area contributed by atoms with Gasteiger partial charge >= 0.3 is 0 Å². The number of methoxy groups -OCH3 is 1. The van der Waals surface area contributed by atoms with Crippen LogP contribution in [0.25, 0.3) is 11.8 Å². The molecule has 5 rings (SSSR count). The van der Waals surface area contributed by atoms with E-state index in [9.17, 15) is 4.79 Å². The highest BCUT2D eigenvalue weighted by Gasteiger charge is 2.36. The van der Waals surface area contributed by atoms with Crippen LogP contribution in [0, 0.1) is 12.3 Å². The zero-order chi connectivity index (χ0) is 27.4. The van der Waals surface area contributed by atoms with Crippen LogP contribution in [-0.2, 0) is 11.2 Å². The fraction of sp³-hybridized carbons (Fsp3) is 0.194. The van der Waals surface area contributed by atoms with E-state index in [1.165, 1.54) is 22.9 Å². The van der Waals surface area contributed by atoms with Crippen LogP contribution in [0.3, 0.4) is 0 Å². The van der Waals surface area contributed by atoms with Crippen molar-refractivity contribution in [3.05, 3.63) is 100.0 Å². The van der Waals surface area contributed by atoms with Crippen LogP contribution in [-0.4, -0.2) is 42.1 Å². The summed E-state index contributed by atoms with van der Waals surface area (Å²) in [5.41, 5.74) is 5.08. The SMILES string of the molecule is CCc1cc(C)cc(OCCOc2ccc(/C=C3/C(=N)N4C(c5ccccc5)=CSC4=NC3=O)cc2OC)c1. The number of benzene rings is 3. The molecule has 2 heterocycles. The third-order valence-corrected chi connectivity index (χ3v) is 7.14. The van der Waals surface area contributed by atoms with E-state index in [0.29, 0.717) is 35.4 Å². The van der Waals surface area contributed by atoms with Gasteiger partial charge in [0.2, 0.25) is 0 Å². The summed E-state index contributed by atoms with van der Waals surface area (Å²) in [4.78, 5) is 18.8. The predicted molar refractivity (Wildman–Crippen MR) is 157 cm³/mol. The molecule has 8 heteroatoms. The predicted octanol–water partition coefficient (Wildman–Crippen LogP) is 6.33. The third-order valence-electron chi connectivity index (χ3n) is 6.31. The highest BCUT2D eigenvalue weighted by molar-refractivity contribution is 8.17. The average Bonchev–Trinajstić information content (AvgIpc) is 3.37. The second-order valence-corrected chi connectivity index (χ2v) is 9.88. The molecule has 0 spiro atoms. The lowest BCUT2D eigenvalue weighted by Crippen LogP contribution is -2.38. The lowest BCUT2D eigenvalue weighted by Gasteiger charge is -2.27. The summed E-state index contributed by atoms with van der Waals surface area (Å²) in [5, 5.41) is 11.2. The van der Waals surface area contributed by atoms with Gasteiger partial charge in [-0.15, -0.1) is 0 Å². The largest absolute Gasteiger partial charge is 0.493 e. The minimum atomic E-state index is -0.444. The zero-order valence-electron chi connectivity index (χ0n) is 22.1. The van der Waals surface area contributed by atoms with Gasteiger partial charge < -0.3 is 14.2 Å². The number of hydrogen-bond acceptors (Lipinski definition) is 6. The number of rotatable bonds is 9. The third kappa shape index (κ3) is 5.76. The van der Waals surface area contributed by atoms with E-state index in [-0.39, 0.29) is 11.4 Å². The molecule has 198 valence electrons. The summed E-state index contributed by atoms with van der Waals surface area (Å²) in [5.74, 6) is 1.56. The van der Waals surface area contributed by atoms with Gasteiger partial charge in [0.1, 0.15) is 24.8 Å². The normalized spacial score (nSPS) is 15.7. The molecule has 39 heavy (non-hydrogen) atoms. The Balaban J connectivity index is 1.28. The molecule has 0 aliphatic carbocycles. The first kappa shape index (κ1) is 26.3. The number of fused-ring (bicyclic) bond motifs is 1. The van der Waals surface area contributed by atoms with Crippen molar-refractivity contribution in [1.29, 1.82) is 5.41 Å². The molecule has 3 aromatic rings. The van der Waals surface area contributed by atoms with Gasteiger partial charge in [-0.3, -0.25) is 15.1 Å². The van der Waals surface area contributed by atoms with Gasteiger partial charge in [-0.05, 0) is 65.9 Å². The molecule has 7 nitrogen and oxygen atoms in total. The van der Waals surface area contributed by atoms with E-state index in [1.807, 2.05) is 53.9 Å². The lowest BCUT2D eigenvalue weighted by molar-refractivity contribution is -0.114. The first-order valence-electron chi connectivity index (χ1n) is 12.7. The number of aryl methyl sites for hydroxylation is 2. The van der Waals surface area contributed by atoms with E-state index in [1.54, 1.807) is 30.2 Å². The van der Waals surface area contributed by atoms with E-state index < -0.39 is 5.91 Å². The number of amides is 1. The fourth-order valence-electron chi connectivity index (χ4n) is 4.40. The molecule has 3 aromatic carbocycles. The van der Waals surface area contributed by atoms with Crippen molar-refractivity contribution < 1.29 is 19.0 Å². The number of aliphatic imine (C=N–C) groups is 1. The number of hydrogen-bond donors (Lipinski definition) is 1. The van der Waals surface area contributed by atoms with Crippen molar-refractivity contribution in [2.75, 3.05) is 20.3 Å². The van der Waals surface area contributed by atoms with E-state index in [4.69, 9.17) is 19.6 Å². The fourth-order valence-corrected chi connectivity index (χ4v) is 5.29. The molecular weight excluding hydrogens is 510 g/mol. The van der Waals surface area contributed by atoms with Gasteiger partial charge in [0, 0.05) is 5.41 Å². The molecule has 0 radical (unpaired) electrons. The summed E-state index contributed by atoms with van der Waals surface area (Å²) < 4.78 is 17.4. The molecule has 0 fully saturated rings. The number of nitrogens with zero attached hydrogens (tertiary/aromatic N) is 2. The minimum absolute atomic E-state index is 0.0870. The molecule has 0 saturated heterocycles. The molecule has 0 aromatic heterocycles. The van der Waals surface area contributed by atoms with E-state index >= 15 is 0 Å². The topological polar surface area (TPSA) is 84.2 Å². The Kier molecular flexibility index (Phi) is 7.84. The van der Waals surface area contributed by atoms with Crippen LogP contribution in [0.2, 0.25) is 0 Å². The Labute approximate surface area is 232 Å². The smallest absolute Gasteiger partial charge is 0.283 e. The molecule has 0 saturated carbocycles. The molecular formula is C31H29N3O4S. The maximum absolute atomic E-state index is 12.8. The van der Waals surface area contributed by atoms with Crippen molar-refractivity contribution >= 4 is 40.4 Å². The molecule has 1 N–H and O–H groups in total. The second kappa shape index (κ2) is 11.6. The Bertz CT molecular complexity index is 1510. The average molecular weight is 540 g/mol. The maximum Gasteiger partial charge on any atom is 0.283 e. The van der Waals surface area contributed by atoms with E-state index in [0.717, 1.165) is 23.4 Å². The van der Waals surface area contributed by atoms with Crippen molar-refractivity contribution in [3.63, 3.8) is 0 Å². The van der Waals surface area contributed by atoms with Gasteiger partial charge in [-0.1, -0.05) is 61.2 Å². The molecule has 0 bridgehead atoms. The van der Waals surface area contributed by atoms with Gasteiger partial charge in [-0.25, -0.2) is 0 Å². The molecule has 2 aliphatic heterocycles. The number of ether oxygens (including phenoxy) is 3. The Morgan fingerprint density at radius 2 is 1.79 bits per heavy atom. The summed E-state index contributed by atoms with van der Waals surface area (Å²) in [6.07, 6.45) is 2.61. The lowest BCUT2D eigenvalue weighted by atomic mass is 10.1. The van der Waals surface area contributed by atoms with Crippen LogP contribution in [0.1, 0.15) is 29.2 Å². The Morgan fingerprint density at radius 1 is 1.00 bits per heavy atom. The van der Waals surface area contributed by atoms with Gasteiger partial charge in [0.25, 0.3) is 5.91 Å². The highest BCUT2D eigenvalue weighted by Crippen LogP contribution is 2.37. The van der Waals surface area contributed by atoms with E-state index in [2.05, 4.69) is 24.9 Å². The van der Waals surface area contributed by atoms with Gasteiger partial charge in [0.05, 0.1) is 18.4 Å². The van der Waals surface area contributed by atoms with Crippen molar-refractivity contribution in [2.45, 2.75) is 20.3 Å². The second-order valence-electron chi connectivity index (χ2n) is 9.04. The minimum Gasteiger partial charge on any atom is -0.493 e. The van der Waals surface area contributed by atoms with Crippen LogP contribution >= 0.6 is 11.8 Å². The highest BCUT2D eigenvalue weighted by atomic mass is 32.2. The standard InChI is InChI=1S/C31H29N3O4S/c1-4-21-14-20(2)15-24(16-21)37-12-13-38-27-11-10-22(18-28(27)36-3)17-25-29(32)34-26(23-8-6-5-7-9-23)19-39-31(34)33-30(25)35/h5-11,14-19,32H,4,12-13H2,1-3H3/b25-17-,32-29?. The summed E-state index contributed by atoms with van der Waals surface area (Å²) >= 11 is 1.34. The molecule has 1 amide bonds. The number of thioether (sulfide) groups is 1. The molecule has 0 atom stereocenters. The first-order valence-corrected chi connectivity index (χ1v) is 13.5. The Hall–Kier alpha value is -4.30. The van der Waals surface area contributed by atoms with Crippen LogP contribution in [0.5, 0.6) is 17.2 Å². The summed E-state index contributed by atoms with van der Waals surface area (Å²) in [6.45, 7) is 4.91. The summed E-state index contributed by atoms with van der Waals surface area (Å²) in [7, 11) is 1.57. The van der Waals surface area contributed by atoms with Crippen LogP contribution in [0.4, 0.5) is 0 Å². The molecule has 2 aliphatic rings. The van der Waals surface area contributed by atoms with Gasteiger partial charge in [0.15, 0.2) is 16.7 Å². The van der Waals surface area contributed by atoms with Crippen molar-refractivity contribution in [2.24, 2.45) is 4.99 Å². The maximum atomic E-state index is 12.8. The quantitative estimate of drug-likeness (QED) is 0.253. The monoisotopic (exact) mass is 539 g/mol.